The van der Waals surface area contributed by atoms with Gasteiger partial charge >= 0.3 is 0 Å². The molecule has 1 rings (SSSR count). The molecule has 5 nitrogen and oxygen atoms in total. The first-order valence-corrected chi connectivity index (χ1v) is 5.42. The minimum Gasteiger partial charge on any atom is -0.366 e. The van der Waals surface area contributed by atoms with Gasteiger partial charge in [-0.25, -0.2) is 0 Å². The number of nitrogens with zero attached hydrogens (tertiary/aromatic N) is 1. The van der Waals surface area contributed by atoms with Crippen molar-refractivity contribution in [3.63, 3.8) is 0 Å². The molecule has 2 N–H and O–H groups in total. The second kappa shape index (κ2) is 4.95. The Morgan fingerprint density at radius 1 is 1.35 bits per heavy atom. The molecule has 1 aromatic carbocycles. The lowest BCUT2D eigenvalue weighted by atomic mass is 9.86. The Morgan fingerprint density at radius 2 is 1.94 bits per heavy atom. The predicted octanol–water partition coefficient (Wildman–Crippen LogP) is 2.45. The average Bonchev–Trinajstić information content (AvgIpc) is 2.26. The molecule has 1 unspecified atom stereocenters. The molecule has 0 aliphatic carbocycles. The first-order valence-electron chi connectivity index (χ1n) is 5.42. The quantitative estimate of drug-likeness (QED) is 0.643. The van der Waals surface area contributed by atoms with E-state index in [1.807, 2.05) is 20.8 Å². The van der Waals surface area contributed by atoms with Crippen molar-refractivity contribution in [1.82, 2.24) is 0 Å². The molecule has 5 heteroatoms. The van der Waals surface area contributed by atoms with E-state index in [-0.39, 0.29) is 17.5 Å². The number of rotatable bonds is 4. The van der Waals surface area contributed by atoms with Crippen LogP contribution in [0, 0.1) is 16.0 Å². The van der Waals surface area contributed by atoms with Gasteiger partial charge in [-0.1, -0.05) is 20.8 Å². The van der Waals surface area contributed by atoms with Crippen molar-refractivity contribution in [2.24, 2.45) is 11.7 Å². The third-order valence-corrected chi connectivity index (χ3v) is 3.00. The van der Waals surface area contributed by atoms with Gasteiger partial charge < -0.3 is 5.73 Å². The molecule has 0 fully saturated rings. The number of amides is 1. The van der Waals surface area contributed by atoms with E-state index >= 15 is 0 Å². The van der Waals surface area contributed by atoms with E-state index in [9.17, 15) is 14.9 Å². The van der Waals surface area contributed by atoms with Gasteiger partial charge in [-0.05, 0) is 23.5 Å². The number of hydrogen-bond donors (Lipinski definition) is 1. The van der Waals surface area contributed by atoms with Crippen molar-refractivity contribution in [2.45, 2.75) is 26.7 Å². The van der Waals surface area contributed by atoms with Crippen LogP contribution in [0.25, 0.3) is 0 Å². The summed E-state index contributed by atoms with van der Waals surface area (Å²) in [6.07, 6.45) is 0. The third-order valence-electron chi connectivity index (χ3n) is 3.00. The monoisotopic (exact) mass is 236 g/mol. The van der Waals surface area contributed by atoms with Gasteiger partial charge in [-0.15, -0.1) is 0 Å². The summed E-state index contributed by atoms with van der Waals surface area (Å²) < 4.78 is 0. The fourth-order valence-electron chi connectivity index (χ4n) is 1.62. The molecule has 0 aliphatic heterocycles. The topological polar surface area (TPSA) is 86.2 Å². The van der Waals surface area contributed by atoms with Crippen LogP contribution in [0.5, 0.6) is 0 Å². The molecule has 92 valence electrons. The van der Waals surface area contributed by atoms with Crippen molar-refractivity contribution in [2.75, 3.05) is 0 Å². The van der Waals surface area contributed by atoms with Crippen molar-refractivity contribution in [1.29, 1.82) is 0 Å². The maximum absolute atomic E-state index is 11.3. The number of carbonyl (C=O) groups excluding carboxylic acids is 1. The molecule has 0 aromatic heterocycles. The highest BCUT2D eigenvalue weighted by molar-refractivity contribution is 5.94. The highest BCUT2D eigenvalue weighted by atomic mass is 16.6. The molecule has 0 radical (unpaired) electrons. The molecule has 1 amide bonds. The Bertz CT molecular complexity index is 455. The zero-order chi connectivity index (χ0) is 13.2. The number of benzene rings is 1. The van der Waals surface area contributed by atoms with E-state index in [1.165, 1.54) is 18.2 Å². The lowest BCUT2D eigenvalue weighted by molar-refractivity contribution is -0.384. The smallest absolute Gasteiger partial charge is 0.269 e. The number of nitro groups is 1. The van der Waals surface area contributed by atoms with Crippen LogP contribution in [0.2, 0.25) is 0 Å². The molecule has 0 heterocycles. The van der Waals surface area contributed by atoms with Crippen molar-refractivity contribution in [3.05, 3.63) is 39.4 Å². The SMILES string of the molecule is CC(C)C(C)c1cc([N+](=O)[O-])ccc1C(N)=O. The van der Waals surface area contributed by atoms with Crippen LogP contribution in [0.3, 0.4) is 0 Å². The Labute approximate surface area is 99.8 Å². The van der Waals surface area contributed by atoms with Gasteiger partial charge in [0, 0.05) is 17.7 Å². The van der Waals surface area contributed by atoms with E-state index in [4.69, 9.17) is 5.73 Å². The second-order valence-electron chi connectivity index (χ2n) is 4.43. The number of non-ortho nitro benzene ring substituents is 1. The molecule has 0 saturated heterocycles. The fraction of sp³-hybridized carbons (Fsp3) is 0.417. The molecule has 0 bridgehead atoms. The summed E-state index contributed by atoms with van der Waals surface area (Å²) >= 11 is 0. The molecule has 1 aromatic rings. The first-order chi connectivity index (χ1) is 7.84. The molecule has 17 heavy (non-hydrogen) atoms. The Morgan fingerprint density at radius 3 is 2.35 bits per heavy atom. The van der Waals surface area contributed by atoms with Crippen LogP contribution in [0.4, 0.5) is 5.69 Å². The summed E-state index contributed by atoms with van der Waals surface area (Å²) in [5, 5.41) is 10.7. The summed E-state index contributed by atoms with van der Waals surface area (Å²) in [6, 6.07) is 4.16. The average molecular weight is 236 g/mol. The molecule has 0 aliphatic rings. The van der Waals surface area contributed by atoms with Crippen LogP contribution in [-0.4, -0.2) is 10.8 Å². The van der Waals surface area contributed by atoms with E-state index in [1.54, 1.807) is 0 Å². The lowest BCUT2D eigenvalue weighted by Gasteiger charge is -2.18. The highest BCUT2D eigenvalue weighted by Gasteiger charge is 2.20. The molecule has 0 saturated carbocycles. The Hall–Kier alpha value is -1.91. The largest absolute Gasteiger partial charge is 0.366 e. The summed E-state index contributed by atoms with van der Waals surface area (Å²) in [5.41, 5.74) is 6.25. The highest BCUT2D eigenvalue weighted by Crippen LogP contribution is 2.29. The normalized spacial score (nSPS) is 12.5. The van der Waals surface area contributed by atoms with Crippen molar-refractivity contribution < 1.29 is 9.72 Å². The minimum absolute atomic E-state index is 0.0162. The van der Waals surface area contributed by atoms with E-state index in [0.29, 0.717) is 11.1 Å². The van der Waals surface area contributed by atoms with Crippen LogP contribution < -0.4 is 5.73 Å². The standard InChI is InChI=1S/C12H16N2O3/c1-7(2)8(3)11-6-9(14(16)17)4-5-10(11)12(13)15/h4-8H,1-3H3,(H2,13,15). The van der Waals surface area contributed by atoms with Gasteiger partial charge in [-0.2, -0.15) is 0 Å². The van der Waals surface area contributed by atoms with Crippen LogP contribution >= 0.6 is 0 Å². The van der Waals surface area contributed by atoms with Gasteiger partial charge in [0.05, 0.1) is 4.92 Å². The summed E-state index contributed by atoms with van der Waals surface area (Å²) in [6.45, 7) is 5.92. The number of nitro benzene ring substituents is 1. The van der Waals surface area contributed by atoms with Crippen molar-refractivity contribution in [3.8, 4) is 0 Å². The van der Waals surface area contributed by atoms with E-state index in [0.717, 1.165) is 0 Å². The van der Waals surface area contributed by atoms with Gasteiger partial charge in [0.2, 0.25) is 5.91 Å². The number of nitrogens with two attached hydrogens (primary N) is 1. The molecular weight excluding hydrogens is 220 g/mol. The summed E-state index contributed by atoms with van der Waals surface area (Å²) in [7, 11) is 0. The first kappa shape index (κ1) is 13.2. The lowest BCUT2D eigenvalue weighted by Crippen LogP contribution is -2.16. The zero-order valence-corrected chi connectivity index (χ0v) is 10.1. The van der Waals surface area contributed by atoms with Crippen molar-refractivity contribution >= 4 is 11.6 Å². The predicted molar refractivity (Wildman–Crippen MR) is 64.9 cm³/mol. The summed E-state index contributed by atoms with van der Waals surface area (Å²) in [4.78, 5) is 21.5. The fourth-order valence-corrected chi connectivity index (χ4v) is 1.62. The van der Waals surface area contributed by atoms with Crippen LogP contribution in [0.1, 0.15) is 42.6 Å². The van der Waals surface area contributed by atoms with Gasteiger partial charge in [0.25, 0.3) is 5.69 Å². The van der Waals surface area contributed by atoms with Gasteiger partial charge in [-0.3, -0.25) is 14.9 Å². The number of hydrogen-bond acceptors (Lipinski definition) is 3. The van der Waals surface area contributed by atoms with Gasteiger partial charge in [0.15, 0.2) is 0 Å². The van der Waals surface area contributed by atoms with Gasteiger partial charge in [0.1, 0.15) is 0 Å². The molecule has 1 atom stereocenters. The number of carbonyl (C=O) groups is 1. The maximum Gasteiger partial charge on any atom is 0.269 e. The zero-order valence-electron chi connectivity index (χ0n) is 10.1. The van der Waals surface area contributed by atoms with E-state index < -0.39 is 10.8 Å². The molecule has 0 spiro atoms. The van der Waals surface area contributed by atoms with E-state index in [2.05, 4.69) is 0 Å². The number of primary amides is 1. The van der Waals surface area contributed by atoms with Crippen LogP contribution in [0.15, 0.2) is 18.2 Å². The maximum atomic E-state index is 11.3. The Kier molecular flexibility index (Phi) is 3.83. The summed E-state index contributed by atoms with van der Waals surface area (Å²) in [5.74, 6) is -0.241. The molecular formula is C12H16N2O3. The second-order valence-corrected chi connectivity index (χ2v) is 4.43. The van der Waals surface area contributed by atoms with Crippen LogP contribution in [-0.2, 0) is 0 Å². The minimum atomic E-state index is -0.553. The third kappa shape index (κ3) is 2.81. The Balaban J connectivity index is 3.35.